The van der Waals surface area contributed by atoms with E-state index in [2.05, 4.69) is 6.07 Å². The molecule has 2 aromatic rings. The van der Waals surface area contributed by atoms with Crippen LogP contribution in [0.25, 0.3) is 10.8 Å². The van der Waals surface area contributed by atoms with Crippen molar-refractivity contribution in [2.24, 2.45) is 11.7 Å². The van der Waals surface area contributed by atoms with Crippen LogP contribution >= 0.6 is 0 Å². The Bertz CT molecular complexity index is 994. The lowest BCUT2D eigenvalue weighted by atomic mass is 9.75. The Labute approximate surface area is 146 Å². The molecule has 124 valence electrons. The second-order valence-electron chi connectivity index (χ2n) is 6.80. The first-order chi connectivity index (χ1) is 12.1. The van der Waals surface area contributed by atoms with Crippen molar-refractivity contribution in [2.45, 2.75) is 25.7 Å². The number of carbonyl (C=O) groups excluding carboxylic acids is 1. The maximum absolute atomic E-state index is 12.7. The van der Waals surface area contributed by atoms with Crippen LogP contribution in [0.5, 0.6) is 0 Å². The molecule has 2 N–H and O–H groups in total. The van der Waals surface area contributed by atoms with Crippen molar-refractivity contribution in [1.29, 1.82) is 5.26 Å². The van der Waals surface area contributed by atoms with Gasteiger partial charge < -0.3 is 10.5 Å². The average molecular weight is 330 g/mol. The van der Waals surface area contributed by atoms with Crippen LogP contribution in [0.1, 0.15) is 31.2 Å². The fourth-order valence-electron chi connectivity index (χ4n) is 3.81. The molecule has 0 fully saturated rings. The summed E-state index contributed by atoms with van der Waals surface area (Å²) in [5.41, 5.74) is 7.83. The predicted octanol–water partition coefficient (Wildman–Crippen LogP) is 3.90. The molecule has 1 aliphatic heterocycles. The average Bonchev–Trinajstić information content (AvgIpc) is 2.59. The summed E-state index contributed by atoms with van der Waals surface area (Å²) in [7, 11) is 0. The van der Waals surface area contributed by atoms with Crippen molar-refractivity contribution in [2.75, 3.05) is 0 Å². The molecule has 0 aromatic heterocycles. The van der Waals surface area contributed by atoms with Crippen LogP contribution in [0.4, 0.5) is 0 Å². The lowest BCUT2D eigenvalue weighted by Gasteiger charge is -2.33. The summed E-state index contributed by atoms with van der Waals surface area (Å²) >= 11 is 0. The molecular formula is C21H18N2O2. The van der Waals surface area contributed by atoms with Crippen molar-refractivity contribution in [1.82, 2.24) is 0 Å². The van der Waals surface area contributed by atoms with Crippen LogP contribution in [0, 0.1) is 17.2 Å². The molecule has 0 saturated carbocycles. The number of hydrogen-bond donors (Lipinski definition) is 1. The van der Waals surface area contributed by atoms with Gasteiger partial charge in [0.2, 0.25) is 5.88 Å². The number of carbonyl (C=O) groups is 1. The van der Waals surface area contributed by atoms with E-state index in [1.54, 1.807) is 0 Å². The number of nitrogens with two attached hydrogens (primary N) is 1. The minimum absolute atomic E-state index is 0.0483. The first-order valence-corrected chi connectivity index (χ1v) is 8.41. The SMILES string of the molecule is C[C@H]1CC(=O)C2=C(C1)OC(N)=C(C#N)[C@H]2c1ccc2ccccc2c1. The van der Waals surface area contributed by atoms with Gasteiger partial charge in [0, 0.05) is 18.4 Å². The molecular weight excluding hydrogens is 312 g/mol. The molecule has 0 spiro atoms. The van der Waals surface area contributed by atoms with E-state index in [1.165, 1.54) is 0 Å². The normalized spacial score (nSPS) is 23.3. The van der Waals surface area contributed by atoms with Crippen LogP contribution in [0.15, 0.2) is 65.3 Å². The Balaban J connectivity index is 1.92. The number of nitriles is 1. The summed E-state index contributed by atoms with van der Waals surface area (Å²) in [6.07, 6.45) is 1.15. The predicted molar refractivity (Wildman–Crippen MR) is 95.0 cm³/mol. The molecule has 2 aromatic carbocycles. The van der Waals surface area contributed by atoms with Gasteiger partial charge in [0.25, 0.3) is 0 Å². The van der Waals surface area contributed by atoms with E-state index >= 15 is 0 Å². The molecule has 4 nitrogen and oxygen atoms in total. The van der Waals surface area contributed by atoms with Crippen molar-refractivity contribution in [3.63, 3.8) is 0 Å². The third kappa shape index (κ3) is 2.49. The number of allylic oxidation sites excluding steroid dienone is 3. The van der Waals surface area contributed by atoms with Gasteiger partial charge in [-0.25, -0.2) is 0 Å². The Morgan fingerprint density at radius 3 is 2.68 bits per heavy atom. The van der Waals surface area contributed by atoms with Crippen LogP contribution in [0.2, 0.25) is 0 Å². The number of fused-ring (bicyclic) bond motifs is 1. The molecule has 4 rings (SSSR count). The Morgan fingerprint density at radius 2 is 1.92 bits per heavy atom. The number of hydrogen-bond acceptors (Lipinski definition) is 4. The number of nitrogens with zero attached hydrogens (tertiary/aromatic N) is 1. The molecule has 4 heteroatoms. The van der Waals surface area contributed by atoms with E-state index < -0.39 is 5.92 Å². The third-order valence-electron chi connectivity index (χ3n) is 4.97. The summed E-state index contributed by atoms with van der Waals surface area (Å²) in [6.45, 7) is 2.02. The van der Waals surface area contributed by atoms with E-state index in [-0.39, 0.29) is 17.6 Å². The van der Waals surface area contributed by atoms with E-state index in [0.717, 1.165) is 16.3 Å². The summed E-state index contributed by atoms with van der Waals surface area (Å²) < 4.78 is 5.67. The Kier molecular flexibility index (Phi) is 3.58. The molecule has 1 heterocycles. The lowest BCUT2D eigenvalue weighted by Crippen LogP contribution is -2.29. The summed E-state index contributed by atoms with van der Waals surface area (Å²) in [6, 6.07) is 16.2. The van der Waals surface area contributed by atoms with Gasteiger partial charge in [0.1, 0.15) is 17.4 Å². The first-order valence-electron chi connectivity index (χ1n) is 8.41. The van der Waals surface area contributed by atoms with Crippen molar-refractivity contribution < 1.29 is 9.53 Å². The van der Waals surface area contributed by atoms with Gasteiger partial charge in [0.15, 0.2) is 5.78 Å². The van der Waals surface area contributed by atoms with Gasteiger partial charge in [-0.3, -0.25) is 4.79 Å². The fraction of sp³-hybridized carbons (Fsp3) is 0.238. The highest BCUT2D eigenvalue weighted by Gasteiger charge is 2.39. The number of ketones is 1. The molecule has 25 heavy (non-hydrogen) atoms. The van der Waals surface area contributed by atoms with Crippen LogP contribution < -0.4 is 5.73 Å². The molecule has 1 aliphatic carbocycles. The quantitative estimate of drug-likeness (QED) is 0.860. The largest absolute Gasteiger partial charge is 0.444 e. The highest BCUT2D eigenvalue weighted by Crippen LogP contribution is 2.44. The molecule has 0 amide bonds. The summed E-state index contributed by atoms with van der Waals surface area (Å²) in [4.78, 5) is 12.7. The van der Waals surface area contributed by atoms with Crippen LogP contribution in [0.3, 0.4) is 0 Å². The van der Waals surface area contributed by atoms with E-state index in [9.17, 15) is 10.1 Å². The van der Waals surface area contributed by atoms with Gasteiger partial charge in [0.05, 0.1) is 5.92 Å². The molecule has 0 bridgehead atoms. The smallest absolute Gasteiger partial charge is 0.205 e. The first kappa shape index (κ1) is 15.5. The maximum atomic E-state index is 12.7. The van der Waals surface area contributed by atoms with E-state index in [0.29, 0.717) is 29.7 Å². The minimum atomic E-state index is -0.446. The molecule has 0 radical (unpaired) electrons. The molecule has 2 atom stereocenters. The van der Waals surface area contributed by atoms with Gasteiger partial charge in [-0.2, -0.15) is 5.26 Å². The number of Topliss-reactive ketones (excluding diaryl/α,β-unsaturated/α-hetero) is 1. The Morgan fingerprint density at radius 1 is 1.16 bits per heavy atom. The van der Waals surface area contributed by atoms with Gasteiger partial charge in [-0.15, -0.1) is 0 Å². The molecule has 0 saturated heterocycles. The number of rotatable bonds is 1. The van der Waals surface area contributed by atoms with Crippen LogP contribution in [-0.4, -0.2) is 5.78 Å². The number of ether oxygens (including phenoxy) is 1. The minimum Gasteiger partial charge on any atom is -0.444 e. The second kappa shape index (κ2) is 5.78. The zero-order valence-electron chi connectivity index (χ0n) is 14.0. The van der Waals surface area contributed by atoms with E-state index in [1.807, 2.05) is 49.4 Å². The van der Waals surface area contributed by atoms with Gasteiger partial charge in [-0.1, -0.05) is 49.4 Å². The summed E-state index contributed by atoms with van der Waals surface area (Å²) in [5, 5.41) is 11.8. The summed E-state index contributed by atoms with van der Waals surface area (Å²) in [5.74, 6) is 0.560. The molecule has 0 unspecified atom stereocenters. The fourth-order valence-corrected chi connectivity index (χ4v) is 3.81. The maximum Gasteiger partial charge on any atom is 0.205 e. The standard InChI is InChI=1S/C21H18N2O2/c1-12-8-17(24)20-18(9-12)25-21(23)16(11-22)19(20)15-7-6-13-4-2-3-5-14(13)10-15/h2-7,10,12,19H,8-9,23H2,1H3/t12-,19+/m0/s1. The van der Waals surface area contributed by atoms with Crippen molar-refractivity contribution >= 4 is 16.6 Å². The number of benzene rings is 2. The van der Waals surface area contributed by atoms with Crippen molar-refractivity contribution in [3.8, 4) is 6.07 Å². The van der Waals surface area contributed by atoms with Crippen molar-refractivity contribution in [3.05, 3.63) is 70.8 Å². The lowest BCUT2D eigenvalue weighted by molar-refractivity contribution is -0.117. The second-order valence-corrected chi connectivity index (χ2v) is 6.80. The molecule has 2 aliphatic rings. The van der Waals surface area contributed by atoms with Gasteiger partial charge in [-0.05, 0) is 22.3 Å². The van der Waals surface area contributed by atoms with Crippen LogP contribution in [-0.2, 0) is 9.53 Å². The van der Waals surface area contributed by atoms with Gasteiger partial charge >= 0.3 is 0 Å². The van der Waals surface area contributed by atoms with E-state index in [4.69, 9.17) is 10.5 Å². The topological polar surface area (TPSA) is 76.1 Å². The Hall–Kier alpha value is -3.06. The zero-order valence-corrected chi connectivity index (χ0v) is 14.0. The monoisotopic (exact) mass is 330 g/mol. The highest BCUT2D eigenvalue weighted by atomic mass is 16.5. The zero-order chi connectivity index (χ0) is 17.6. The third-order valence-corrected chi connectivity index (χ3v) is 4.97. The highest BCUT2D eigenvalue weighted by molar-refractivity contribution is 6.00.